The largest absolute Gasteiger partial charge is 0.393 e. The molecule has 4 N–H and O–H groups in total. The zero-order chi connectivity index (χ0) is 21.1. The van der Waals surface area contributed by atoms with Gasteiger partial charge in [0.1, 0.15) is 0 Å². The molecule has 0 aliphatic heterocycles. The van der Waals surface area contributed by atoms with Crippen molar-refractivity contribution in [1.29, 1.82) is 0 Å². The second kappa shape index (κ2) is 8.80. The quantitative estimate of drug-likeness (QED) is 0.485. The minimum absolute atomic E-state index is 0.0540. The number of carbonyl (C=O) groups excluding carboxylic acids is 1. The van der Waals surface area contributed by atoms with Crippen LogP contribution in [0.3, 0.4) is 0 Å². The molecule has 1 amide bonds. The number of aliphatic hydroxyl groups excluding tert-OH is 1. The summed E-state index contributed by atoms with van der Waals surface area (Å²) in [6, 6.07) is 8.36. The molecule has 154 valence electrons. The van der Waals surface area contributed by atoms with Crippen LogP contribution in [0.2, 0.25) is 5.02 Å². The number of benzene rings is 2. The average Bonchev–Trinajstić information content (AvgIpc) is 2.67. The van der Waals surface area contributed by atoms with Gasteiger partial charge in [-0.25, -0.2) is 0 Å². The van der Waals surface area contributed by atoms with Crippen LogP contribution < -0.4 is 11.1 Å². The van der Waals surface area contributed by atoms with Crippen LogP contribution in [0, 0.1) is 17.0 Å². The lowest BCUT2D eigenvalue weighted by atomic mass is 9.91. The molecule has 8 heteroatoms. The Morgan fingerprint density at radius 3 is 2.55 bits per heavy atom. The van der Waals surface area contributed by atoms with Crippen LogP contribution >= 0.6 is 11.6 Å². The number of nitro groups is 1. The van der Waals surface area contributed by atoms with Crippen LogP contribution in [-0.2, 0) is 6.42 Å². The molecule has 2 aromatic carbocycles. The molecule has 0 unspecified atom stereocenters. The number of rotatable bonds is 6. The van der Waals surface area contributed by atoms with E-state index >= 15 is 0 Å². The monoisotopic (exact) mass is 417 g/mol. The van der Waals surface area contributed by atoms with Gasteiger partial charge in [-0.05, 0) is 61.8 Å². The molecule has 0 saturated heterocycles. The summed E-state index contributed by atoms with van der Waals surface area (Å²) in [6.45, 7) is 1.90. The molecule has 2 aromatic rings. The summed E-state index contributed by atoms with van der Waals surface area (Å²) in [6.07, 6.45) is 2.87. The molecule has 3 rings (SSSR count). The standard InChI is InChI=1S/C21H24ClN3O4/c1-12-2-3-13(9-19(12)22)8-14-10-16(25(28)29)11-18(21(23)27)20(14)24-15-4-6-17(26)7-5-15/h2-3,9-11,15,17,24,26H,4-8H2,1H3,(H2,23,27). The predicted molar refractivity (Wildman–Crippen MR) is 112 cm³/mol. The number of aryl methyl sites for hydroxylation is 1. The molecule has 0 spiro atoms. The van der Waals surface area contributed by atoms with Crippen LogP contribution in [-0.4, -0.2) is 28.1 Å². The Morgan fingerprint density at radius 1 is 1.28 bits per heavy atom. The molecule has 0 aromatic heterocycles. The maximum atomic E-state index is 12.1. The maximum Gasteiger partial charge on any atom is 0.270 e. The predicted octanol–water partition coefficient (Wildman–Crippen LogP) is 3.96. The molecule has 0 heterocycles. The second-order valence-corrected chi connectivity index (χ2v) is 7.97. The summed E-state index contributed by atoms with van der Waals surface area (Å²) < 4.78 is 0. The number of nitrogens with zero attached hydrogens (tertiary/aromatic N) is 1. The lowest BCUT2D eigenvalue weighted by Gasteiger charge is -2.28. The van der Waals surface area contributed by atoms with Crippen LogP contribution in [0.1, 0.15) is 52.7 Å². The number of hydrogen-bond donors (Lipinski definition) is 3. The van der Waals surface area contributed by atoms with Gasteiger partial charge < -0.3 is 16.2 Å². The lowest BCUT2D eigenvalue weighted by Crippen LogP contribution is -2.30. The van der Waals surface area contributed by atoms with E-state index in [2.05, 4.69) is 5.32 Å². The van der Waals surface area contributed by atoms with E-state index in [-0.39, 0.29) is 23.4 Å². The number of halogens is 1. The van der Waals surface area contributed by atoms with E-state index in [0.717, 1.165) is 24.0 Å². The molecular formula is C21H24ClN3O4. The third-order valence-corrected chi connectivity index (χ3v) is 5.76. The first-order chi connectivity index (χ1) is 13.7. The molecule has 0 atom stereocenters. The van der Waals surface area contributed by atoms with Crippen molar-refractivity contribution in [2.45, 2.75) is 51.2 Å². The van der Waals surface area contributed by atoms with Gasteiger partial charge >= 0.3 is 0 Å². The van der Waals surface area contributed by atoms with Crippen molar-refractivity contribution in [2.24, 2.45) is 5.73 Å². The summed E-state index contributed by atoms with van der Waals surface area (Å²) in [7, 11) is 0. The molecular weight excluding hydrogens is 394 g/mol. The topological polar surface area (TPSA) is 118 Å². The first kappa shape index (κ1) is 21.1. The molecule has 1 saturated carbocycles. The van der Waals surface area contributed by atoms with Crippen molar-refractivity contribution < 1.29 is 14.8 Å². The minimum Gasteiger partial charge on any atom is -0.393 e. The summed E-state index contributed by atoms with van der Waals surface area (Å²) in [5.41, 5.74) is 8.40. The van der Waals surface area contributed by atoms with Gasteiger partial charge in [0.25, 0.3) is 11.6 Å². The lowest BCUT2D eigenvalue weighted by molar-refractivity contribution is -0.384. The summed E-state index contributed by atoms with van der Waals surface area (Å²) in [5, 5.41) is 25.1. The third-order valence-electron chi connectivity index (χ3n) is 5.36. The Morgan fingerprint density at radius 2 is 1.97 bits per heavy atom. The van der Waals surface area contributed by atoms with Gasteiger partial charge in [0.15, 0.2) is 0 Å². The number of nitrogens with two attached hydrogens (primary N) is 1. The zero-order valence-electron chi connectivity index (χ0n) is 16.2. The number of carbonyl (C=O) groups is 1. The molecule has 29 heavy (non-hydrogen) atoms. The molecule has 1 aliphatic carbocycles. The van der Waals surface area contributed by atoms with E-state index in [1.54, 1.807) is 0 Å². The number of aliphatic hydroxyl groups is 1. The zero-order valence-corrected chi connectivity index (χ0v) is 16.9. The van der Waals surface area contributed by atoms with Gasteiger partial charge in [0.2, 0.25) is 0 Å². The summed E-state index contributed by atoms with van der Waals surface area (Å²) in [4.78, 5) is 23.0. The van der Waals surface area contributed by atoms with Gasteiger partial charge in [-0.15, -0.1) is 0 Å². The average molecular weight is 418 g/mol. The summed E-state index contributed by atoms with van der Waals surface area (Å²) in [5.74, 6) is -0.727. The van der Waals surface area contributed by atoms with E-state index in [4.69, 9.17) is 17.3 Å². The molecule has 0 bridgehead atoms. The van der Waals surface area contributed by atoms with Crippen LogP contribution in [0.5, 0.6) is 0 Å². The van der Waals surface area contributed by atoms with Crippen molar-refractivity contribution in [3.8, 4) is 0 Å². The van der Waals surface area contributed by atoms with Gasteiger partial charge in [-0.3, -0.25) is 14.9 Å². The van der Waals surface area contributed by atoms with E-state index in [1.165, 1.54) is 12.1 Å². The van der Waals surface area contributed by atoms with E-state index in [9.17, 15) is 20.0 Å². The van der Waals surface area contributed by atoms with Crippen LogP contribution in [0.15, 0.2) is 30.3 Å². The Hall–Kier alpha value is -2.64. The summed E-state index contributed by atoms with van der Waals surface area (Å²) >= 11 is 6.23. The molecule has 1 aliphatic rings. The van der Waals surface area contributed by atoms with Crippen LogP contribution in [0.4, 0.5) is 11.4 Å². The SMILES string of the molecule is Cc1ccc(Cc2cc([N+](=O)[O-])cc(C(N)=O)c2NC2CCC(O)CC2)cc1Cl. The van der Waals surface area contributed by atoms with E-state index < -0.39 is 10.8 Å². The number of nitrogens with one attached hydrogen (secondary N) is 1. The number of amides is 1. The third kappa shape index (κ3) is 5.05. The van der Waals surface area contributed by atoms with Crippen molar-refractivity contribution in [3.05, 3.63) is 67.7 Å². The second-order valence-electron chi connectivity index (χ2n) is 7.56. The van der Waals surface area contributed by atoms with Crippen molar-refractivity contribution in [3.63, 3.8) is 0 Å². The maximum absolute atomic E-state index is 12.1. The fourth-order valence-electron chi connectivity index (χ4n) is 3.69. The highest BCUT2D eigenvalue weighted by Crippen LogP contribution is 2.32. The number of non-ortho nitro benzene ring substituents is 1. The normalized spacial score (nSPS) is 19.0. The fraction of sp³-hybridized carbons (Fsp3) is 0.381. The molecule has 7 nitrogen and oxygen atoms in total. The van der Waals surface area contributed by atoms with E-state index in [1.807, 2.05) is 25.1 Å². The van der Waals surface area contributed by atoms with Crippen molar-refractivity contribution >= 4 is 28.9 Å². The highest BCUT2D eigenvalue weighted by Gasteiger charge is 2.25. The molecule has 0 radical (unpaired) electrons. The Bertz CT molecular complexity index is 940. The van der Waals surface area contributed by atoms with Gasteiger partial charge in [0.05, 0.1) is 22.3 Å². The molecule has 1 fully saturated rings. The Kier molecular flexibility index (Phi) is 6.39. The minimum atomic E-state index is -0.727. The number of primary amides is 1. The van der Waals surface area contributed by atoms with Gasteiger partial charge in [-0.2, -0.15) is 0 Å². The number of hydrogen-bond acceptors (Lipinski definition) is 5. The highest BCUT2D eigenvalue weighted by atomic mass is 35.5. The van der Waals surface area contributed by atoms with Crippen molar-refractivity contribution in [2.75, 3.05) is 5.32 Å². The van der Waals surface area contributed by atoms with E-state index in [0.29, 0.717) is 35.5 Å². The van der Waals surface area contributed by atoms with Gasteiger partial charge in [-0.1, -0.05) is 23.7 Å². The number of nitro benzene ring substituents is 1. The van der Waals surface area contributed by atoms with Crippen molar-refractivity contribution in [1.82, 2.24) is 0 Å². The Labute approximate surface area is 174 Å². The number of anilines is 1. The fourth-order valence-corrected chi connectivity index (χ4v) is 3.89. The first-order valence-corrected chi connectivity index (χ1v) is 9.93. The van der Waals surface area contributed by atoms with Gasteiger partial charge in [0, 0.05) is 23.2 Å². The Balaban J connectivity index is 2.03. The van der Waals surface area contributed by atoms with Crippen LogP contribution in [0.25, 0.3) is 0 Å². The smallest absolute Gasteiger partial charge is 0.270 e. The highest BCUT2D eigenvalue weighted by molar-refractivity contribution is 6.31. The first-order valence-electron chi connectivity index (χ1n) is 9.55.